The van der Waals surface area contributed by atoms with Gasteiger partial charge in [0.25, 0.3) is 5.79 Å². The molecule has 95 heavy (non-hydrogen) atoms. The lowest BCUT2D eigenvalue weighted by Crippen LogP contribution is -2.68. The van der Waals surface area contributed by atoms with Crippen LogP contribution >= 0.6 is 0 Å². The fraction of sp³-hybridized carbons (Fsp3) is 0.982. The molecular formula is C55H95NO39. The third-order valence-corrected chi connectivity index (χ3v) is 19.1. The zero-order valence-corrected chi connectivity index (χ0v) is 51.9. The first kappa shape index (κ1) is 78.7. The van der Waals surface area contributed by atoms with Crippen LogP contribution in [0, 0.1) is 17.8 Å². The van der Waals surface area contributed by atoms with Crippen LogP contribution in [0.3, 0.4) is 0 Å². The molecule has 0 aromatic rings. The van der Waals surface area contributed by atoms with Crippen LogP contribution in [0.4, 0.5) is 0 Å². The van der Waals surface area contributed by atoms with Crippen molar-refractivity contribution in [2.45, 2.75) is 267 Å². The summed E-state index contributed by atoms with van der Waals surface area (Å²) in [7, 11) is 0. The average molecular weight is 1390 g/mol. The summed E-state index contributed by atoms with van der Waals surface area (Å²) in [5, 5.41) is 250. The molecule has 8 heterocycles. The summed E-state index contributed by atoms with van der Waals surface area (Å²) in [6.45, 7) is -1.46. The summed E-state index contributed by atoms with van der Waals surface area (Å²) >= 11 is 0. The Labute approximate surface area is 541 Å². The normalized spacial score (nSPS) is 51.6. The summed E-state index contributed by atoms with van der Waals surface area (Å²) in [5.41, 5.74) is 5.93. The van der Waals surface area contributed by atoms with E-state index in [9.17, 15) is 122 Å². The molecule has 0 aromatic carbocycles. The lowest BCUT2D eigenvalue weighted by atomic mass is 9.88. The van der Waals surface area contributed by atoms with Crippen LogP contribution in [-0.4, -0.2) is 409 Å². The van der Waals surface area contributed by atoms with Crippen molar-refractivity contribution in [1.82, 2.24) is 0 Å². The molecule has 8 aliphatic heterocycles. The number of hydrogen-bond acceptors (Lipinski definition) is 39. The highest BCUT2D eigenvalue weighted by Gasteiger charge is 2.60. The first-order chi connectivity index (χ1) is 44.8. The third kappa shape index (κ3) is 16.4. The van der Waals surface area contributed by atoms with Crippen LogP contribution < -0.4 is 5.73 Å². The van der Waals surface area contributed by atoms with Crippen molar-refractivity contribution < 1.29 is 193 Å². The van der Waals surface area contributed by atoms with Gasteiger partial charge in [-0.15, -0.1) is 0 Å². The number of aliphatic carboxylic acids is 1. The van der Waals surface area contributed by atoms with Gasteiger partial charge in [-0.2, -0.15) is 0 Å². The fourth-order valence-corrected chi connectivity index (χ4v) is 12.7. The van der Waals surface area contributed by atoms with E-state index in [1.807, 2.05) is 0 Å². The molecule has 0 aromatic heterocycles. The van der Waals surface area contributed by atoms with Crippen molar-refractivity contribution in [1.29, 1.82) is 0 Å². The molecule has 8 rings (SSSR count). The van der Waals surface area contributed by atoms with Crippen LogP contribution in [0.25, 0.3) is 0 Å². The molecule has 0 spiro atoms. The lowest BCUT2D eigenvalue weighted by Gasteiger charge is -2.51. The van der Waals surface area contributed by atoms with Crippen molar-refractivity contribution in [3.8, 4) is 0 Å². The Morgan fingerprint density at radius 1 is 0.432 bits per heavy atom. The zero-order valence-electron chi connectivity index (χ0n) is 51.9. The zero-order chi connectivity index (χ0) is 70.1. The van der Waals surface area contributed by atoms with E-state index in [-0.39, 0.29) is 0 Å². The number of nitrogens with two attached hydrogens (primary N) is 1. The molecule has 0 saturated carbocycles. The maximum absolute atomic E-state index is 12.7. The van der Waals surface area contributed by atoms with Crippen LogP contribution in [0.5, 0.6) is 0 Å². The molecule has 554 valence electrons. The Balaban J connectivity index is 1.01. The summed E-state index contributed by atoms with van der Waals surface area (Å²) in [5.74, 6) is -7.86. The molecule has 40 nitrogen and oxygen atoms in total. The Bertz CT molecular complexity index is 2360. The van der Waals surface area contributed by atoms with E-state index < -0.39 is 316 Å². The van der Waals surface area contributed by atoms with Gasteiger partial charge in [-0.1, -0.05) is 20.8 Å². The maximum Gasteiger partial charge on any atom is 0.364 e. The smallest absolute Gasteiger partial charge is 0.364 e. The minimum atomic E-state index is -2.91. The SMILES string of the molecule is C[C@@H]1OC(CO)[C@@H](O[C@@H]2OC(CO)[C@@H](O[C@@H]3OC(CO[C@H]4OC(CO)[C@@H](O)C(O)[C@H]4O)[C@@H](O)C(O[C@H]4O[C@H](CO)[C@@H](O)C(O)C4O[C@@H]4OC(CO)[C@@H](O[C@@H]5OC(CO[C@]6(C(=O)O)C[C@@H](O)[C@@H](N)C([C@H](O)[C@H](O)CO)O6)[C@H](O)C(O)[C@@H]5O)C(O)[C@@H]4C)[C@H]3O)C(O)[C@@H]2C)C(O)[C@@H]1C. The van der Waals surface area contributed by atoms with E-state index in [0.29, 0.717) is 0 Å². The second-order valence-corrected chi connectivity index (χ2v) is 25.4. The number of carbonyl (C=O) groups is 1. The molecule has 0 radical (unpaired) electrons. The minimum Gasteiger partial charge on any atom is -0.477 e. The van der Waals surface area contributed by atoms with E-state index in [1.165, 1.54) is 13.8 Å². The maximum atomic E-state index is 12.7. The van der Waals surface area contributed by atoms with Gasteiger partial charge in [0.05, 0.1) is 89.4 Å². The highest BCUT2D eigenvalue weighted by molar-refractivity contribution is 5.76. The number of aliphatic hydroxyl groups is 22. The van der Waals surface area contributed by atoms with E-state index in [2.05, 4.69) is 0 Å². The van der Waals surface area contributed by atoms with Gasteiger partial charge in [0.1, 0.15) is 153 Å². The Morgan fingerprint density at radius 2 is 0.832 bits per heavy atom. The quantitative estimate of drug-likeness (QED) is 0.0404. The molecule has 15 unspecified atom stereocenters. The topological polar surface area (TPSA) is 647 Å². The highest BCUT2D eigenvalue weighted by atomic mass is 16.8. The summed E-state index contributed by atoms with van der Waals surface area (Å²) in [6.07, 6.45) is -66.6. The van der Waals surface area contributed by atoms with Crippen molar-refractivity contribution in [3.63, 3.8) is 0 Å². The highest BCUT2D eigenvalue weighted by Crippen LogP contribution is 2.41. The van der Waals surface area contributed by atoms with Gasteiger partial charge >= 0.3 is 5.97 Å². The van der Waals surface area contributed by atoms with Gasteiger partial charge in [0.15, 0.2) is 37.7 Å². The predicted molar refractivity (Wildman–Crippen MR) is 297 cm³/mol. The lowest BCUT2D eigenvalue weighted by molar-refractivity contribution is -0.401. The van der Waals surface area contributed by atoms with Crippen LogP contribution in [0.1, 0.15) is 34.1 Å². The number of aliphatic hydroxyl groups excluding tert-OH is 22. The van der Waals surface area contributed by atoms with Crippen molar-refractivity contribution >= 4 is 5.97 Å². The van der Waals surface area contributed by atoms with Gasteiger partial charge in [-0.25, -0.2) is 4.79 Å². The first-order valence-corrected chi connectivity index (χ1v) is 31.2. The number of carboxylic acid groups (broad SMARTS) is 1. The fourth-order valence-electron chi connectivity index (χ4n) is 12.7. The first-order valence-electron chi connectivity index (χ1n) is 31.2. The Hall–Kier alpha value is -2.05. The molecular weight excluding hydrogens is 1300 g/mol. The predicted octanol–water partition coefficient (Wildman–Crippen LogP) is -14.4. The molecule has 40 heteroatoms. The molecule has 41 atom stereocenters. The Morgan fingerprint density at radius 3 is 1.34 bits per heavy atom. The standard InChI is InChI=1S/C55H95NO39/c1-14-17(4)83-22(9-60)42(28(14)65)90-48-15(2)29(66)44(24(11-62)86-48)92-52-41(78)46(35(72)25(88-52)12-81-50-39(76)36(73)32(69)20(7-58)84-50)93-53-47(38(75)33(70)21(8-59)85-53)94-49-16(3)30(67)43(23(10-61)87-49)91-51-40(77)37(74)34(71)26(89-51)13-82-55(54(79)80)5-18(63)27(56)45(95-55)31(68)19(64)6-57/h14-53,57-78H,5-13,56H2,1-4H3,(H,79,80)/t14-,15+,16+,17+,18-,19-,20?,21-,22?,23?,24?,25?,26?,27-,28?,29?,30?,31-,32-,33-,34+,35-,36?,37?,38?,39-,40+,41-,42-,43-,44-,45?,46?,47?,48+,49+,50+,51+,52+,53-,55-/m1/s1. The Kier molecular flexibility index (Phi) is 27.6. The van der Waals surface area contributed by atoms with E-state index in [4.69, 9.17) is 76.8 Å². The van der Waals surface area contributed by atoms with Crippen LogP contribution in [-0.2, 0) is 75.8 Å². The summed E-state index contributed by atoms with van der Waals surface area (Å²) in [6, 6.07) is -1.54. The number of rotatable bonds is 25. The molecule has 25 N–H and O–H groups in total. The third-order valence-electron chi connectivity index (χ3n) is 19.1. The summed E-state index contributed by atoms with van der Waals surface area (Å²) < 4.78 is 88.2. The minimum absolute atomic E-state index is 0.503. The van der Waals surface area contributed by atoms with Gasteiger partial charge in [0, 0.05) is 24.2 Å². The van der Waals surface area contributed by atoms with Gasteiger partial charge < -0.3 is 194 Å². The summed E-state index contributed by atoms with van der Waals surface area (Å²) in [4.78, 5) is 12.7. The second-order valence-electron chi connectivity index (χ2n) is 25.4. The molecule has 0 bridgehead atoms. The van der Waals surface area contributed by atoms with Crippen molar-refractivity contribution in [2.24, 2.45) is 23.5 Å². The number of hydrogen-bond donors (Lipinski definition) is 24. The monoisotopic (exact) mass is 1390 g/mol. The van der Waals surface area contributed by atoms with Gasteiger partial charge in [-0.3, -0.25) is 0 Å². The van der Waals surface area contributed by atoms with Gasteiger partial charge in [0.2, 0.25) is 0 Å². The molecule has 8 saturated heterocycles. The van der Waals surface area contributed by atoms with Crippen LogP contribution in [0.15, 0.2) is 0 Å². The molecule has 0 aliphatic carbocycles. The van der Waals surface area contributed by atoms with Crippen molar-refractivity contribution in [2.75, 3.05) is 52.9 Å². The largest absolute Gasteiger partial charge is 0.477 e. The van der Waals surface area contributed by atoms with E-state index in [0.717, 1.165) is 0 Å². The van der Waals surface area contributed by atoms with E-state index in [1.54, 1.807) is 13.8 Å². The molecule has 8 aliphatic rings. The molecule has 0 amide bonds. The van der Waals surface area contributed by atoms with Gasteiger partial charge in [-0.05, 0) is 6.92 Å². The van der Waals surface area contributed by atoms with Crippen molar-refractivity contribution in [3.05, 3.63) is 0 Å². The van der Waals surface area contributed by atoms with Crippen LogP contribution in [0.2, 0.25) is 0 Å². The molecule has 8 fully saturated rings. The average Bonchev–Trinajstić information content (AvgIpc) is 0.786. The number of ether oxygens (including phenoxy) is 15. The second kappa shape index (κ2) is 33.4. The van der Waals surface area contributed by atoms with E-state index >= 15 is 0 Å². The number of carboxylic acids is 1.